The van der Waals surface area contributed by atoms with Gasteiger partial charge in [0.1, 0.15) is 18.1 Å². The average Bonchev–Trinajstić information content (AvgIpc) is 2.87. The number of aromatic hydroxyl groups is 1. The zero-order valence-electron chi connectivity index (χ0n) is 11.3. The van der Waals surface area contributed by atoms with Gasteiger partial charge < -0.3 is 14.8 Å². The monoisotopic (exact) mass is 307 g/mol. The van der Waals surface area contributed by atoms with Crippen LogP contribution in [0, 0.1) is 0 Å². The number of hydrogen-bond donors (Lipinski definition) is 2. The summed E-state index contributed by atoms with van der Waals surface area (Å²) in [5.41, 5.74) is 0.824. The Kier molecular flexibility index (Phi) is 3.44. The maximum atomic E-state index is 12.6. The quantitative estimate of drug-likeness (QED) is 0.750. The van der Waals surface area contributed by atoms with Crippen LogP contribution in [-0.2, 0) is 12.8 Å². The highest BCUT2D eigenvalue weighted by Gasteiger charge is 2.30. The highest BCUT2D eigenvalue weighted by Crippen LogP contribution is 2.31. The number of aromatic nitrogens is 1. The Morgan fingerprint density at radius 1 is 1.09 bits per heavy atom. The van der Waals surface area contributed by atoms with E-state index in [0.29, 0.717) is 0 Å². The normalized spacial score (nSPS) is 11.8. The van der Waals surface area contributed by atoms with Gasteiger partial charge in [-0.25, -0.2) is 0 Å². The molecule has 22 heavy (non-hydrogen) atoms. The van der Waals surface area contributed by atoms with Crippen molar-refractivity contribution in [3.63, 3.8) is 0 Å². The van der Waals surface area contributed by atoms with Crippen molar-refractivity contribution in [3.8, 4) is 11.5 Å². The van der Waals surface area contributed by atoms with Gasteiger partial charge in [0.25, 0.3) is 0 Å². The molecule has 0 spiro atoms. The Balaban J connectivity index is 1.81. The van der Waals surface area contributed by atoms with E-state index in [-0.39, 0.29) is 18.1 Å². The molecule has 3 rings (SSSR count). The van der Waals surface area contributed by atoms with Crippen LogP contribution in [0.2, 0.25) is 0 Å². The van der Waals surface area contributed by atoms with Crippen LogP contribution in [0.25, 0.3) is 10.9 Å². The number of ether oxygens (including phenoxy) is 1. The van der Waals surface area contributed by atoms with Gasteiger partial charge in [-0.1, -0.05) is 6.07 Å². The van der Waals surface area contributed by atoms with Gasteiger partial charge in [-0.3, -0.25) is 0 Å². The summed E-state index contributed by atoms with van der Waals surface area (Å²) in [6, 6.07) is 9.59. The number of benzene rings is 2. The second kappa shape index (κ2) is 5.29. The zero-order valence-corrected chi connectivity index (χ0v) is 11.3. The highest BCUT2D eigenvalue weighted by molar-refractivity contribution is 5.84. The van der Waals surface area contributed by atoms with Gasteiger partial charge in [-0.15, -0.1) is 0 Å². The maximum Gasteiger partial charge on any atom is 0.416 e. The van der Waals surface area contributed by atoms with Crippen molar-refractivity contribution in [3.05, 3.63) is 59.8 Å². The van der Waals surface area contributed by atoms with Crippen LogP contribution < -0.4 is 4.74 Å². The van der Waals surface area contributed by atoms with E-state index < -0.39 is 11.7 Å². The molecule has 0 saturated carbocycles. The molecule has 1 heterocycles. The fourth-order valence-electron chi connectivity index (χ4n) is 2.21. The molecule has 0 bridgehead atoms. The number of nitrogens with one attached hydrogen (secondary N) is 1. The van der Waals surface area contributed by atoms with Crippen molar-refractivity contribution in [2.45, 2.75) is 12.8 Å². The molecular weight excluding hydrogens is 295 g/mol. The molecule has 0 saturated heterocycles. The molecule has 0 radical (unpaired) electrons. The molecule has 3 aromatic rings. The Labute approximate surface area is 124 Å². The van der Waals surface area contributed by atoms with Crippen molar-refractivity contribution in [1.82, 2.24) is 4.98 Å². The molecule has 1 aromatic heterocycles. The summed E-state index contributed by atoms with van der Waals surface area (Å²) in [5.74, 6) is 0.261. The third-order valence-electron chi connectivity index (χ3n) is 3.31. The van der Waals surface area contributed by atoms with E-state index in [4.69, 9.17) is 4.74 Å². The summed E-state index contributed by atoms with van der Waals surface area (Å²) < 4.78 is 43.4. The Bertz CT molecular complexity index is 809. The molecule has 0 amide bonds. The minimum Gasteiger partial charge on any atom is -0.508 e. The fraction of sp³-hybridized carbons (Fsp3) is 0.125. The predicted molar refractivity (Wildman–Crippen MR) is 75.7 cm³/mol. The van der Waals surface area contributed by atoms with E-state index in [0.717, 1.165) is 28.6 Å². The topological polar surface area (TPSA) is 45.2 Å². The van der Waals surface area contributed by atoms with Crippen LogP contribution >= 0.6 is 0 Å². The first-order chi connectivity index (χ1) is 10.4. The van der Waals surface area contributed by atoms with E-state index in [1.165, 1.54) is 12.1 Å². The summed E-state index contributed by atoms with van der Waals surface area (Å²) in [6.45, 7) is 0.102. The third kappa shape index (κ3) is 2.86. The lowest BCUT2D eigenvalue weighted by molar-refractivity contribution is -0.137. The Morgan fingerprint density at radius 3 is 2.68 bits per heavy atom. The number of alkyl halides is 3. The van der Waals surface area contributed by atoms with Gasteiger partial charge in [0.15, 0.2) is 0 Å². The molecule has 0 unspecified atom stereocenters. The lowest BCUT2D eigenvalue weighted by Gasteiger charge is -2.10. The van der Waals surface area contributed by atoms with Crippen molar-refractivity contribution in [1.29, 1.82) is 0 Å². The van der Waals surface area contributed by atoms with Crippen LogP contribution in [0.5, 0.6) is 11.5 Å². The number of phenolic OH excluding ortho intramolecular Hbond substituents is 1. The van der Waals surface area contributed by atoms with Crippen molar-refractivity contribution in [2.75, 3.05) is 0 Å². The van der Waals surface area contributed by atoms with Gasteiger partial charge >= 0.3 is 6.18 Å². The van der Waals surface area contributed by atoms with E-state index in [9.17, 15) is 18.3 Å². The van der Waals surface area contributed by atoms with E-state index in [1.807, 2.05) is 0 Å². The summed E-state index contributed by atoms with van der Waals surface area (Å²) >= 11 is 0. The van der Waals surface area contributed by atoms with Gasteiger partial charge in [0, 0.05) is 22.7 Å². The van der Waals surface area contributed by atoms with Crippen LogP contribution in [0.4, 0.5) is 13.2 Å². The summed E-state index contributed by atoms with van der Waals surface area (Å²) in [4.78, 5) is 3.02. The van der Waals surface area contributed by atoms with Gasteiger partial charge in [0.2, 0.25) is 0 Å². The first-order valence-electron chi connectivity index (χ1n) is 6.52. The first-order valence-corrected chi connectivity index (χ1v) is 6.52. The van der Waals surface area contributed by atoms with Crippen molar-refractivity contribution < 1.29 is 23.0 Å². The van der Waals surface area contributed by atoms with Crippen LogP contribution in [0.1, 0.15) is 11.1 Å². The molecule has 114 valence electrons. The molecule has 0 aliphatic rings. The maximum absolute atomic E-state index is 12.6. The molecule has 3 nitrogen and oxygen atoms in total. The molecule has 0 atom stereocenters. The Hall–Kier alpha value is -2.63. The lowest BCUT2D eigenvalue weighted by atomic mass is 10.2. The number of H-pyrrole nitrogens is 1. The minimum atomic E-state index is -4.40. The largest absolute Gasteiger partial charge is 0.508 e. The minimum absolute atomic E-state index is 0.102. The summed E-state index contributed by atoms with van der Waals surface area (Å²) in [7, 11) is 0. The zero-order chi connectivity index (χ0) is 15.7. The summed E-state index contributed by atoms with van der Waals surface area (Å²) in [5, 5.41) is 10.3. The van der Waals surface area contributed by atoms with Crippen LogP contribution in [0.15, 0.2) is 48.7 Å². The van der Waals surface area contributed by atoms with Crippen LogP contribution in [-0.4, -0.2) is 10.1 Å². The van der Waals surface area contributed by atoms with Gasteiger partial charge in [-0.05, 0) is 36.4 Å². The smallest absolute Gasteiger partial charge is 0.416 e. The van der Waals surface area contributed by atoms with Crippen molar-refractivity contribution >= 4 is 10.9 Å². The highest BCUT2D eigenvalue weighted by atomic mass is 19.4. The SMILES string of the molecule is Oc1ccc2[nH]cc(COc3cccc(C(F)(F)F)c3)c2c1. The molecule has 0 aliphatic carbocycles. The predicted octanol–water partition coefficient (Wildman–Crippen LogP) is 4.47. The number of halogens is 3. The standard InChI is InChI=1S/C16H12F3NO2/c17-16(18,19)11-2-1-3-13(6-11)22-9-10-8-20-15-5-4-12(21)7-14(10)15/h1-8,20-21H,9H2. The third-order valence-corrected chi connectivity index (χ3v) is 3.31. The van der Waals surface area contributed by atoms with Crippen molar-refractivity contribution in [2.24, 2.45) is 0 Å². The van der Waals surface area contributed by atoms with Crippen LogP contribution in [0.3, 0.4) is 0 Å². The Morgan fingerprint density at radius 2 is 1.91 bits per heavy atom. The lowest BCUT2D eigenvalue weighted by Crippen LogP contribution is -2.05. The van der Waals surface area contributed by atoms with E-state index in [2.05, 4.69) is 4.98 Å². The molecule has 0 aliphatic heterocycles. The number of rotatable bonds is 3. The van der Waals surface area contributed by atoms with Gasteiger partial charge in [-0.2, -0.15) is 13.2 Å². The molecule has 2 aromatic carbocycles. The molecule has 6 heteroatoms. The number of fused-ring (bicyclic) bond motifs is 1. The molecule has 2 N–H and O–H groups in total. The molecule has 0 fully saturated rings. The first kappa shape index (κ1) is 14.3. The number of hydrogen-bond acceptors (Lipinski definition) is 2. The molecular formula is C16H12F3NO2. The second-order valence-electron chi connectivity index (χ2n) is 4.86. The number of phenols is 1. The van der Waals surface area contributed by atoms with E-state index in [1.54, 1.807) is 24.4 Å². The van der Waals surface area contributed by atoms with E-state index >= 15 is 0 Å². The second-order valence-corrected chi connectivity index (χ2v) is 4.86. The van der Waals surface area contributed by atoms with Gasteiger partial charge in [0.05, 0.1) is 5.56 Å². The average molecular weight is 307 g/mol. The summed E-state index contributed by atoms with van der Waals surface area (Å²) in [6.07, 6.45) is -2.69. The fourth-order valence-corrected chi connectivity index (χ4v) is 2.21. The number of aromatic amines is 1.